The van der Waals surface area contributed by atoms with E-state index in [1.54, 1.807) is 25.1 Å². The molecular formula is C23H27F2N3O4S. The molecule has 0 radical (unpaired) electrons. The molecule has 5 N–H and O–H groups in total. The number of nitrogens with two attached hydrogens (primary N) is 1. The van der Waals surface area contributed by atoms with Crippen molar-refractivity contribution in [2.45, 2.75) is 50.8 Å². The van der Waals surface area contributed by atoms with Crippen molar-refractivity contribution in [3.63, 3.8) is 0 Å². The number of halogens is 2. The summed E-state index contributed by atoms with van der Waals surface area (Å²) in [5, 5.41) is 22.0. The Labute approximate surface area is 195 Å². The first-order valence-electron chi connectivity index (χ1n) is 10.4. The number of nitrogens with one attached hydrogen (secondary N) is 1. The molecule has 178 valence electrons. The molecule has 7 nitrogen and oxygen atoms in total. The second kappa shape index (κ2) is 10.2. The van der Waals surface area contributed by atoms with Crippen molar-refractivity contribution < 1.29 is 28.5 Å². The first kappa shape index (κ1) is 25.1. The standard InChI is InChI=1S/C23H27F2N3O4S/c1-12(29)10-32-11-14-5-4-6-19(27-14)28-22-15(21(26)30)9-18(33-22)20-16(24)7-13(8-17(20)25)23(2,3)31/h4-8,12,18,29,31H,9-11H2,1-3H3,(H2,26,30)(H,27,28)/t12-,18?/m0/s1. The van der Waals surface area contributed by atoms with Crippen molar-refractivity contribution in [2.75, 3.05) is 11.9 Å². The molecule has 1 aromatic carbocycles. The number of hydrogen-bond acceptors (Lipinski definition) is 7. The number of carbonyl (C=O) groups excluding carboxylic acids is 1. The van der Waals surface area contributed by atoms with Gasteiger partial charge in [0.05, 0.1) is 35.6 Å². The molecule has 2 aromatic rings. The van der Waals surface area contributed by atoms with Gasteiger partial charge in [0, 0.05) is 16.4 Å². The summed E-state index contributed by atoms with van der Waals surface area (Å²) >= 11 is 1.09. The summed E-state index contributed by atoms with van der Waals surface area (Å²) < 4.78 is 35.0. The first-order chi connectivity index (χ1) is 15.5. The lowest BCUT2D eigenvalue weighted by Crippen LogP contribution is -2.17. The van der Waals surface area contributed by atoms with Crippen molar-refractivity contribution in [3.05, 3.63) is 69.4 Å². The Kier molecular flexibility index (Phi) is 7.73. The largest absolute Gasteiger partial charge is 0.391 e. The molecule has 1 aliphatic heterocycles. The monoisotopic (exact) mass is 479 g/mol. The SMILES string of the molecule is C[C@H](O)COCc1cccc(NC2=C(C(N)=O)CC(c3c(F)cc(C(C)(C)O)cc3F)S2)n1. The number of amides is 1. The van der Waals surface area contributed by atoms with Gasteiger partial charge in [-0.15, -0.1) is 0 Å². The molecule has 1 aliphatic rings. The predicted molar refractivity (Wildman–Crippen MR) is 122 cm³/mol. The lowest BCUT2D eigenvalue weighted by atomic mass is 9.94. The van der Waals surface area contributed by atoms with Gasteiger partial charge in [0.2, 0.25) is 5.91 Å². The van der Waals surface area contributed by atoms with E-state index in [0.717, 1.165) is 23.9 Å². The van der Waals surface area contributed by atoms with Gasteiger partial charge in [-0.2, -0.15) is 0 Å². The number of hydrogen-bond donors (Lipinski definition) is 4. The second-order valence-corrected chi connectivity index (χ2v) is 9.61. The van der Waals surface area contributed by atoms with E-state index >= 15 is 0 Å². The highest BCUT2D eigenvalue weighted by molar-refractivity contribution is 8.03. The van der Waals surface area contributed by atoms with Crippen molar-refractivity contribution in [3.8, 4) is 0 Å². The molecule has 0 saturated heterocycles. The number of anilines is 1. The van der Waals surface area contributed by atoms with Crippen molar-refractivity contribution >= 4 is 23.5 Å². The second-order valence-electron chi connectivity index (χ2n) is 8.40. The van der Waals surface area contributed by atoms with Crippen LogP contribution in [0, 0.1) is 11.6 Å². The van der Waals surface area contributed by atoms with Gasteiger partial charge in [0.15, 0.2) is 0 Å². The van der Waals surface area contributed by atoms with Gasteiger partial charge in [0.1, 0.15) is 17.5 Å². The number of carbonyl (C=O) groups is 1. The van der Waals surface area contributed by atoms with Crippen molar-refractivity contribution in [1.82, 2.24) is 4.98 Å². The highest BCUT2D eigenvalue weighted by Crippen LogP contribution is 2.49. The van der Waals surface area contributed by atoms with Gasteiger partial charge in [-0.05, 0) is 57.0 Å². The highest BCUT2D eigenvalue weighted by Gasteiger charge is 2.34. The van der Waals surface area contributed by atoms with E-state index in [2.05, 4.69) is 10.3 Å². The number of aliphatic hydroxyl groups excluding tert-OH is 1. The summed E-state index contributed by atoms with van der Waals surface area (Å²) in [4.78, 5) is 16.4. The maximum Gasteiger partial charge on any atom is 0.247 e. The third kappa shape index (κ3) is 6.29. The molecule has 1 amide bonds. The van der Waals surface area contributed by atoms with Crippen LogP contribution in [0.1, 0.15) is 49.3 Å². The van der Waals surface area contributed by atoms with Crippen LogP contribution >= 0.6 is 11.8 Å². The average Bonchev–Trinajstić information content (AvgIpc) is 3.10. The maximum atomic E-state index is 14.8. The number of rotatable bonds is 9. The number of pyridine rings is 1. The maximum absolute atomic E-state index is 14.8. The highest BCUT2D eigenvalue weighted by atomic mass is 32.2. The minimum atomic E-state index is -1.40. The Hall–Kier alpha value is -2.53. The summed E-state index contributed by atoms with van der Waals surface area (Å²) in [7, 11) is 0. The Morgan fingerprint density at radius 1 is 1.36 bits per heavy atom. The van der Waals surface area contributed by atoms with E-state index in [-0.39, 0.29) is 36.3 Å². The molecule has 2 atom stereocenters. The summed E-state index contributed by atoms with van der Waals surface area (Å²) in [6, 6.07) is 7.37. The molecule has 3 rings (SSSR count). The molecule has 0 spiro atoms. The Morgan fingerprint density at radius 3 is 2.61 bits per heavy atom. The van der Waals surface area contributed by atoms with Crippen LogP contribution < -0.4 is 11.1 Å². The summed E-state index contributed by atoms with van der Waals surface area (Å²) in [5.41, 5.74) is 4.87. The zero-order valence-corrected chi connectivity index (χ0v) is 19.4. The fraction of sp³-hybridized carbons (Fsp3) is 0.391. The number of thioether (sulfide) groups is 1. The van der Waals surface area contributed by atoms with Crippen LogP contribution in [0.15, 0.2) is 40.9 Å². The van der Waals surface area contributed by atoms with Crippen molar-refractivity contribution in [1.29, 1.82) is 0 Å². The van der Waals surface area contributed by atoms with E-state index in [1.807, 2.05) is 0 Å². The van der Waals surface area contributed by atoms with Gasteiger partial charge < -0.3 is 26.0 Å². The van der Waals surface area contributed by atoms with Crippen LogP contribution in [0.2, 0.25) is 0 Å². The Morgan fingerprint density at radius 2 is 2.03 bits per heavy atom. The van der Waals surface area contributed by atoms with Gasteiger partial charge in [-0.3, -0.25) is 4.79 Å². The van der Waals surface area contributed by atoms with E-state index in [1.165, 1.54) is 13.8 Å². The fourth-order valence-electron chi connectivity index (χ4n) is 3.34. The molecule has 1 unspecified atom stereocenters. The minimum absolute atomic E-state index is 0.0369. The number of aliphatic hydroxyl groups is 2. The molecule has 0 saturated carbocycles. The average molecular weight is 480 g/mol. The van der Waals surface area contributed by atoms with E-state index in [4.69, 9.17) is 10.5 Å². The molecule has 0 aliphatic carbocycles. The predicted octanol–water partition coefficient (Wildman–Crippen LogP) is 3.47. The molecule has 33 heavy (non-hydrogen) atoms. The molecule has 10 heteroatoms. The number of ether oxygens (including phenoxy) is 1. The van der Waals surface area contributed by atoms with Crippen LogP contribution in [-0.4, -0.2) is 33.8 Å². The molecule has 0 fully saturated rings. The van der Waals surface area contributed by atoms with E-state index < -0.39 is 34.5 Å². The van der Waals surface area contributed by atoms with Crippen molar-refractivity contribution in [2.24, 2.45) is 5.73 Å². The van der Waals surface area contributed by atoms with Crippen LogP contribution in [0.25, 0.3) is 0 Å². The summed E-state index contributed by atoms with van der Waals surface area (Å²) in [6.07, 6.45) is -0.561. The number of benzene rings is 1. The number of aromatic nitrogens is 1. The lowest BCUT2D eigenvalue weighted by Gasteiger charge is -2.20. The minimum Gasteiger partial charge on any atom is -0.391 e. The fourth-order valence-corrected chi connectivity index (χ4v) is 4.70. The third-order valence-electron chi connectivity index (χ3n) is 4.99. The van der Waals surface area contributed by atoms with Gasteiger partial charge >= 0.3 is 0 Å². The quantitative estimate of drug-likeness (QED) is 0.435. The Bertz CT molecular complexity index is 1050. The molecular weight excluding hydrogens is 452 g/mol. The van der Waals surface area contributed by atoms with Gasteiger partial charge in [-0.1, -0.05) is 17.8 Å². The third-order valence-corrected chi connectivity index (χ3v) is 6.26. The number of nitrogens with zero attached hydrogens (tertiary/aromatic N) is 1. The van der Waals surface area contributed by atoms with Crippen LogP contribution in [-0.2, 0) is 21.7 Å². The zero-order chi connectivity index (χ0) is 24.3. The van der Waals surface area contributed by atoms with E-state index in [9.17, 15) is 23.8 Å². The Balaban J connectivity index is 1.81. The van der Waals surface area contributed by atoms with Crippen LogP contribution in [0.3, 0.4) is 0 Å². The molecule has 1 aromatic heterocycles. The van der Waals surface area contributed by atoms with Crippen LogP contribution in [0.4, 0.5) is 14.6 Å². The lowest BCUT2D eigenvalue weighted by molar-refractivity contribution is -0.114. The van der Waals surface area contributed by atoms with Gasteiger partial charge in [-0.25, -0.2) is 13.8 Å². The summed E-state index contributed by atoms with van der Waals surface area (Å²) in [5.74, 6) is -1.89. The molecule has 0 bridgehead atoms. The zero-order valence-electron chi connectivity index (χ0n) is 18.6. The van der Waals surface area contributed by atoms with Gasteiger partial charge in [0.25, 0.3) is 0 Å². The topological polar surface area (TPSA) is 118 Å². The number of primary amides is 1. The van der Waals surface area contributed by atoms with Crippen LogP contribution in [0.5, 0.6) is 0 Å². The smallest absolute Gasteiger partial charge is 0.247 e. The normalized spacial score (nSPS) is 17.4. The first-order valence-corrected chi connectivity index (χ1v) is 11.2. The molecule has 2 heterocycles. The van der Waals surface area contributed by atoms with E-state index in [0.29, 0.717) is 16.5 Å². The summed E-state index contributed by atoms with van der Waals surface area (Å²) in [6.45, 7) is 4.84.